The number of aromatic nitrogens is 1. The van der Waals surface area contributed by atoms with Gasteiger partial charge in [0.05, 0.1) is 17.8 Å². The van der Waals surface area contributed by atoms with Crippen LogP contribution in [0.25, 0.3) is 6.08 Å². The summed E-state index contributed by atoms with van der Waals surface area (Å²) in [7, 11) is 1.72. The summed E-state index contributed by atoms with van der Waals surface area (Å²) in [6.45, 7) is 9.06. The predicted octanol–water partition coefficient (Wildman–Crippen LogP) is 2.73. The third-order valence-corrected chi connectivity index (χ3v) is 3.53. The van der Waals surface area contributed by atoms with Crippen molar-refractivity contribution in [1.29, 1.82) is 0 Å². The fraction of sp³-hybridized carbons (Fsp3) is 0.615. The molecule has 4 heteroatoms. The van der Waals surface area contributed by atoms with E-state index in [9.17, 15) is 0 Å². The van der Waals surface area contributed by atoms with Gasteiger partial charge in [-0.25, -0.2) is 4.98 Å². The highest BCUT2D eigenvalue weighted by atomic mass is 32.1. The summed E-state index contributed by atoms with van der Waals surface area (Å²) in [5.74, 6) is 0.548. The fourth-order valence-corrected chi connectivity index (χ4v) is 2.21. The molecule has 0 unspecified atom stereocenters. The molecule has 0 spiro atoms. The van der Waals surface area contributed by atoms with Gasteiger partial charge in [0, 0.05) is 25.1 Å². The van der Waals surface area contributed by atoms with Crippen LogP contribution in [0.15, 0.2) is 11.1 Å². The molecule has 1 aromatic heterocycles. The Bertz CT molecular complexity index is 358. The molecule has 0 aliphatic carbocycles. The Morgan fingerprint density at radius 2 is 2.35 bits per heavy atom. The van der Waals surface area contributed by atoms with Crippen LogP contribution >= 0.6 is 11.3 Å². The average molecular weight is 254 g/mol. The van der Waals surface area contributed by atoms with E-state index in [1.54, 1.807) is 18.4 Å². The molecule has 0 aliphatic rings. The Kier molecular flexibility index (Phi) is 6.40. The van der Waals surface area contributed by atoms with Gasteiger partial charge in [-0.2, -0.15) is 0 Å². The minimum Gasteiger partial charge on any atom is -0.383 e. The summed E-state index contributed by atoms with van der Waals surface area (Å²) in [4.78, 5) is 5.54. The second kappa shape index (κ2) is 7.58. The lowest BCUT2D eigenvalue weighted by Crippen LogP contribution is -2.23. The summed E-state index contributed by atoms with van der Waals surface area (Å²) in [6.07, 6.45) is 2.26. The molecule has 96 valence electrons. The molecular weight excluding hydrogens is 232 g/mol. The van der Waals surface area contributed by atoms with E-state index in [1.165, 1.54) is 10.5 Å². The minimum absolute atomic E-state index is 0.548. The van der Waals surface area contributed by atoms with Crippen LogP contribution in [-0.2, 0) is 4.74 Å². The Labute approximate surface area is 108 Å². The van der Waals surface area contributed by atoms with Crippen molar-refractivity contribution in [2.75, 3.05) is 26.8 Å². The second-order valence-corrected chi connectivity index (χ2v) is 5.23. The zero-order chi connectivity index (χ0) is 12.7. The van der Waals surface area contributed by atoms with Crippen molar-refractivity contribution in [3.63, 3.8) is 0 Å². The Morgan fingerprint density at radius 1 is 1.59 bits per heavy atom. The maximum Gasteiger partial charge on any atom is 0.0801 e. The number of rotatable bonds is 7. The summed E-state index contributed by atoms with van der Waals surface area (Å²) < 4.78 is 5.02. The molecule has 3 nitrogen and oxygen atoms in total. The summed E-state index contributed by atoms with van der Waals surface area (Å²) in [5, 5.41) is 3.39. The van der Waals surface area contributed by atoms with Crippen molar-refractivity contribution < 1.29 is 4.74 Å². The molecule has 0 saturated heterocycles. The zero-order valence-corrected chi connectivity index (χ0v) is 11.9. The normalized spacial score (nSPS) is 12.4. The van der Waals surface area contributed by atoms with Crippen molar-refractivity contribution in [2.45, 2.75) is 20.8 Å². The number of nitrogens with one attached hydrogen (secondary N) is 1. The first kappa shape index (κ1) is 14.4. The molecule has 1 rings (SSSR count). The van der Waals surface area contributed by atoms with Gasteiger partial charge in [0.15, 0.2) is 0 Å². The number of aryl methyl sites for hydroxylation is 1. The second-order valence-electron chi connectivity index (χ2n) is 4.35. The molecule has 0 bridgehead atoms. The van der Waals surface area contributed by atoms with E-state index < -0.39 is 0 Å². The van der Waals surface area contributed by atoms with Gasteiger partial charge in [-0.1, -0.05) is 19.4 Å². The maximum absolute atomic E-state index is 5.02. The number of hydrogen-bond donors (Lipinski definition) is 1. The lowest BCUT2D eigenvalue weighted by Gasteiger charge is -2.12. The van der Waals surface area contributed by atoms with Crippen molar-refractivity contribution >= 4 is 17.4 Å². The van der Waals surface area contributed by atoms with Gasteiger partial charge < -0.3 is 10.1 Å². The SMILES string of the molecule is COCCNCC(=Cc1scnc1C)C(C)C. The lowest BCUT2D eigenvalue weighted by atomic mass is 10.0. The third kappa shape index (κ3) is 4.98. The number of hydrogen-bond acceptors (Lipinski definition) is 4. The van der Waals surface area contributed by atoms with Crippen LogP contribution in [-0.4, -0.2) is 31.8 Å². The summed E-state index contributed by atoms with van der Waals surface area (Å²) in [6, 6.07) is 0. The third-order valence-electron chi connectivity index (χ3n) is 2.65. The highest BCUT2D eigenvalue weighted by Gasteiger charge is 2.05. The molecule has 0 fully saturated rings. The molecule has 0 atom stereocenters. The number of ether oxygens (including phenoxy) is 1. The van der Waals surface area contributed by atoms with Crippen LogP contribution < -0.4 is 5.32 Å². The van der Waals surface area contributed by atoms with Crippen LogP contribution in [0.1, 0.15) is 24.4 Å². The van der Waals surface area contributed by atoms with Gasteiger partial charge in [0.1, 0.15) is 0 Å². The van der Waals surface area contributed by atoms with Crippen LogP contribution in [0.2, 0.25) is 0 Å². The van der Waals surface area contributed by atoms with Gasteiger partial charge in [-0.05, 0) is 18.9 Å². The first-order chi connectivity index (χ1) is 8.15. The summed E-state index contributed by atoms with van der Waals surface area (Å²) in [5.41, 5.74) is 4.43. The molecular formula is C13H22N2OS. The van der Waals surface area contributed by atoms with E-state index in [4.69, 9.17) is 4.74 Å². The quantitative estimate of drug-likeness (QED) is 0.760. The molecule has 0 amide bonds. The Hall–Kier alpha value is -0.710. The van der Waals surface area contributed by atoms with E-state index in [0.29, 0.717) is 5.92 Å². The summed E-state index contributed by atoms with van der Waals surface area (Å²) >= 11 is 1.70. The van der Waals surface area contributed by atoms with Crippen LogP contribution in [0, 0.1) is 12.8 Å². The highest BCUT2D eigenvalue weighted by molar-refractivity contribution is 7.10. The molecule has 0 aliphatic heterocycles. The van der Waals surface area contributed by atoms with Crippen molar-refractivity contribution in [3.8, 4) is 0 Å². The molecule has 1 N–H and O–H groups in total. The smallest absolute Gasteiger partial charge is 0.0801 e. The van der Waals surface area contributed by atoms with Crippen LogP contribution in [0.5, 0.6) is 0 Å². The van der Waals surface area contributed by atoms with E-state index in [-0.39, 0.29) is 0 Å². The monoisotopic (exact) mass is 254 g/mol. The largest absolute Gasteiger partial charge is 0.383 e. The van der Waals surface area contributed by atoms with Gasteiger partial charge >= 0.3 is 0 Å². The van der Waals surface area contributed by atoms with Gasteiger partial charge in [-0.15, -0.1) is 11.3 Å². The number of nitrogens with zero attached hydrogens (tertiary/aromatic N) is 1. The number of thiazole rings is 1. The Morgan fingerprint density at radius 3 is 2.88 bits per heavy atom. The molecule has 1 aromatic rings. The predicted molar refractivity (Wildman–Crippen MR) is 74.4 cm³/mol. The highest BCUT2D eigenvalue weighted by Crippen LogP contribution is 2.19. The molecule has 0 radical (unpaired) electrons. The van der Waals surface area contributed by atoms with Gasteiger partial charge in [0.25, 0.3) is 0 Å². The number of methoxy groups -OCH3 is 1. The lowest BCUT2D eigenvalue weighted by molar-refractivity contribution is 0.200. The van der Waals surface area contributed by atoms with E-state index in [2.05, 4.69) is 37.1 Å². The Balaban J connectivity index is 2.60. The topological polar surface area (TPSA) is 34.1 Å². The minimum atomic E-state index is 0.548. The van der Waals surface area contributed by atoms with Crippen LogP contribution in [0.3, 0.4) is 0 Å². The van der Waals surface area contributed by atoms with Crippen molar-refractivity contribution in [3.05, 3.63) is 21.7 Å². The standard InChI is InChI=1S/C13H22N2OS/c1-10(2)12(8-14-5-6-16-4)7-13-11(3)15-9-17-13/h7,9-10,14H,5-6,8H2,1-4H3. The maximum atomic E-state index is 5.02. The molecule has 0 saturated carbocycles. The molecule has 0 aromatic carbocycles. The first-order valence-corrected chi connectivity index (χ1v) is 6.83. The van der Waals surface area contributed by atoms with Gasteiger partial charge in [-0.3, -0.25) is 0 Å². The van der Waals surface area contributed by atoms with E-state index in [0.717, 1.165) is 25.4 Å². The van der Waals surface area contributed by atoms with Crippen molar-refractivity contribution in [2.24, 2.45) is 5.92 Å². The van der Waals surface area contributed by atoms with E-state index >= 15 is 0 Å². The van der Waals surface area contributed by atoms with Crippen LogP contribution in [0.4, 0.5) is 0 Å². The van der Waals surface area contributed by atoms with Crippen molar-refractivity contribution in [1.82, 2.24) is 10.3 Å². The zero-order valence-electron chi connectivity index (χ0n) is 11.1. The first-order valence-electron chi connectivity index (χ1n) is 5.95. The van der Waals surface area contributed by atoms with E-state index in [1.807, 2.05) is 5.51 Å². The average Bonchev–Trinajstić information content (AvgIpc) is 2.68. The molecule has 17 heavy (non-hydrogen) atoms. The van der Waals surface area contributed by atoms with Gasteiger partial charge in [0.2, 0.25) is 0 Å². The molecule has 1 heterocycles. The fourth-order valence-electron chi connectivity index (χ4n) is 1.45.